The number of allylic oxidation sites excluding steroid dienone is 1. The van der Waals surface area contributed by atoms with E-state index in [0.717, 1.165) is 11.1 Å². The molecule has 0 fully saturated rings. The number of aryl methyl sites for hydroxylation is 1. The third-order valence-electron chi connectivity index (χ3n) is 8.68. The molecule has 214 valence electrons. The Hall–Kier alpha value is -4.26. The van der Waals surface area contributed by atoms with Crippen LogP contribution in [0.15, 0.2) is 53.0 Å². The molecule has 0 saturated heterocycles. The first-order chi connectivity index (χ1) is 19.3. The number of likely N-dealkylation sites (N-methyl/N-ethyl adjacent to an activating group) is 1. The van der Waals surface area contributed by atoms with Gasteiger partial charge in [0.05, 0.1) is 22.7 Å². The summed E-state index contributed by atoms with van der Waals surface area (Å²) >= 11 is 0. The molecular weight excluding hydrogens is 522 g/mol. The second-order valence-electron chi connectivity index (χ2n) is 11.7. The van der Waals surface area contributed by atoms with E-state index >= 15 is 0 Å². The molecule has 0 spiro atoms. The Morgan fingerprint density at radius 2 is 1.73 bits per heavy atom. The molecule has 0 bridgehead atoms. The van der Waals surface area contributed by atoms with E-state index in [2.05, 4.69) is 11.8 Å². The van der Waals surface area contributed by atoms with Gasteiger partial charge in [0, 0.05) is 43.3 Å². The maximum Gasteiger partial charge on any atom is 0.248 e. The molecule has 0 aromatic heterocycles. The summed E-state index contributed by atoms with van der Waals surface area (Å²) in [6.07, 6.45) is 0.137. The quantitative estimate of drug-likeness (QED) is 0.362. The number of Topliss-reactive ketones (excluding diaryl/α,β-unsaturated/α-hetero) is 1. The molecule has 4 unspecified atom stereocenters. The van der Waals surface area contributed by atoms with Gasteiger partial charge in [0.25, 0.3) is 0 Å². The lowest BCUT2D eigenvalue weighted by Crippen LogP contribution is -2.59. The van der Waals surface area contributed by atoms with E-state index in [4.69, 9.17) is 5.73 Å². The average molecular weight is 558 g/mol. The third-order valence-corrected chi connectivity index (χ3v) is 8.68. The molecule has 5 rings (SSSR count). The van der Waals surface area contributed by atoms with Gasteiger partial charge in [-0.15, -0.1) is 0 Å². The number of hydrogen-bond donors (Lipinski definition) is 5. The Labute approximate surface area is 239 Å². The Bertz CT molecular complexity index is 1590. The Morgan fingerprint density at radius 1 is 1.07 bits per heavy atom. The van der Waals surface area contributed by atoms with Gasteiger partial charge >= 0.3 is 0 Å². The van der Waals surface area contributed by atoms with Gasteiger partial charge in [-0.1, -0.05) is 29.5 Å². The number of ketones is 1. The monoisotopic (exact) mass is 557 g/mol. The minimum Gasteiger partial charge on any atom is -0.510 e. The van der Waals surface area contributed by atoms with Crippen molar-refractivity contribution in [1.29, 1.82) is 0 Å². The van der Waals surface area contributed by atoms with Crippen molar-refractivity contribution >= 4 is 17.4 Å². The summed E-state index contributed by atoms with van der Waals surface area (Å²) in [5.74, 6) is 2.25. The summed E-state index contributed by atoms with van der Waals surface area (Å²) in [7, 11) is 7.08. The van der Waals surface area contributed by atoms with Crippen LogP contribution in [0.25, 0.3) is 0 Å². The number of carbonyl (C=O) groups excluding carboxylic acids is 2. The molecular formula is C32H35N3O6. The predicted octanol–water partition coefficient (Wildman–Crippen LogP) is 2.72. The van der Waals surface area contributed by atoms with Crippen LogP contribution in [0, 0.1) is 30.6 Å². The highest BCUT2D eigenvalue weighted by molar-refractivity contribution is 6.15. The number of primary amides is 1. The smallest absolute Gasteiger partial charge is 0.248 e. The lowest BCUT2D eigenvalue weighted by molar-refractivity contribution is -0.118. The van der Waals surface area contributed by atoms with Crippen molar-refractivity contribution in [3.8, 4) is 17.6 Å². The van der Waals surface area contributed by atoms with Crippen molar-refractivity contribution in [2.45, 2.75) is 37.8 Å². The zero-order valence-electron chi connectivity index (χ0n) is 23.8. The first-order valence-electron chi connectivity index (χ1n) is 13.5. The Balaban J connectivity index is 1.67. The first-order valence-corrected chi connectivity index (χ1v) is 13.5. The van der Waals surface area contributed by atoms with Crippen LogP contribution in [-0.4, -0.2) is 76.9 Å². The summed E-state index contributed by atoms with van der Waals surface area (Å²) in [5.41, 5.74) is 6.82. The highest BCUT2D eigenvalue weighted by Gasteiger charge is 2.58. The van der Waals surface area contributed by atoms with Crippen LogP contribution in [0.4, 0.5) is 5.69 Å². The van der Waals surface area contributed by atoms with Gasteiger partial charge in [-0.3, -0.25) is 14.5 Å². The van der Waals surface area contributed by atoms with Crippen molar-refractivity contribution in [2.24, 2.45) is 17.6 Å². The van der Waals surface area contributed by atoms with Gasteiger partial charge in [0.1, 0.15) is 22.9 Å². The standard InChI is InChI=1S/C32H35N3O6/c1-16-6-8-17(9-7-16)10-11-18-14-23(34(2)3)20-12-19-13-22-26(35(4)5)28(37)21(31(33)40)15-32(22,41)30(39)24(19)29(38)25(20)27(18)36/h6-9,14,19,22,26,36-37,39,41H,12-13,15H2,1-5H3,(H2,33,40). The number of aliphatic hydroxyl groups is 3. The lowest BCUT2D eigenvalue weighted by Gasteiger charge is -2.51. The van der Waals surface area contributed by atoms with E-state index in [0.29, 0.717) is 17.7 Å². The first kappa shape index (κ1) is 28.3. The molecule has 0 aliphatic heterocycles. The van der Waals surface area contributed by atoms with Gasteiger partial charge in [0.2, 0.25) is 5.91 Å². The fraction of sp³-hybridized carbons (Fsp3) is 0.375. The number of benzene rings is 2. The van der Waals surface area contributed by atoms with E-state index < -0.39 is 47.3 Å². The van der Waals surface area contributed by atoms with Crippen LogP contribution in [0.3, 0.4) is 0 Å². The van der Waals surface area contributed by atoms with E-state index in [1.54, 1.807) is 25.1 Å². The molecule has 41 heavy (non-hydrogen) atoms. The van der Waals surface area contributed by atoms with Crippen molar-refractivity contribution < 1.29 is 30.0 Å². The van der Waals surface area contributed by atoms with Gasteiger partial charge in [0.15, 0.2) is 5.78 Å². The molecule has 6 N–H and O–H groups in total. The molecule has 3 aliphatic rings. The SMILES string of the molecule is Cc1ccc(C#Cc2cc(N(C)C)c3c(c2O)C(=O)C2=C(O)C4(O)CC(C(N)=O)=C(O)C(N(C)C)C4CC2C3)cc1. The largest absolute Gasteiger partial charge is 0.510 e. The van der Waals surface area contributed by atoms with Crippen LogP contribution in [0.5, 0.6) is 5.75 Å². The summed E-state index contributed by atoms with van der Waals surface area (Å²) in [6, 6.07) is 8.57. The normalized spacial score (nSPS) is 25.2. The molecule has 9 nitrogen and oxygen atoms in total. The minimum absolute atomic E-state index is 0.00242. The zero-order chi connectivity index (χ0) is 30.0. The van der Waals surface area contributed by atoms with Crippen molar-refractivity contribution in [2.75, 3.05) is 33.1 Å². The molecule has 0 heterocycles. The van der Waals surface area contributed by atoms with E-state index in [-0.39, 0.29) is 40.2 Å². The van der Waals surface area contributed by atoms with Crippen LogP contribution in [0.2, 0.25) is 0 Å². The number of nitrogens with zero attached hydrogens (tertiary/aromatic N) is 2. The number of carbonyl (C=O) groups is 2. The van der Waals surface area contributed by atoms with Gasteiger partial charge in [-0.25, -0.2) is 0 Å². The maximum atomic E-state index is 14.1. The van der Waals surface area contributed by atoms with Crippen molar-refractivity contribution in [1.82, 2.24) is 4.90 Å². The van der Waals surface area contributed by atoms with Crippen LogP contribution in [-0.2, 0) is 11.2 Å². The van der Waals surface area contributed by atoms with Crippen molar-refractivity contribution in [3.63, 3.8) is 0 Å². The van der Waals surface area contributed by atoms with Gasteiger partial charge in [-0.05, 0) is 63.5 Å². The maximum absolute atomic E-state index is 14.1. The van der Waals surface area contributed by atoms with Crippen molar-refractivity contribution in [3.05, 3.63) is 80.8 Å². The number of phenols is 1. The van der Waals surface area contributed by atoms with E-state index in [1.807, 2.05) is 50.2 Å². The van der Waals surface area contributed by atoms with Crippen LogP contribution < -0.4 is 10.6 Å². The van der Waals surface area contributed by atoms with Crippen LogP contribution >= 0.6 is 0 Å². The summed E-state index contributed by atoms with van der Waals surface area (Å²) < 4.78 is 0. The topological polar surface area (TPSA) is 148 Å². The molecule has 4 atom stereocenters. The number of amides is 1. The molecule has 2 aromatic carbocycles. The predicted molar refractivity (Wildman–Crippen MR) is 155 cm³/mol. The molecule has 1 amide bonds. The summed E-state index contributed by atoms with van der Waals surface area (Å²) in [4.78, 5) is 29.8. The van der Waals surface area contributed by atoms with Gasteiger partial charge in [-0.2, -0.15) is 0 Å². The highest BCUT2D eigenvalue weighted by Crippen LogP contribution is 2.54. The Morgan fingerprint density at radius 3 is 2.32 bits per heavy atom. The zero-order valence-corrected chi connectivity index (χ0v) is 23.8. The molecule has 2 aromatic rings. The number of rotatable bonds is 3. The fourth-order valence-electron chi connectivity index (χ4n) is 6.65. The Kier molecular flexibility index (Phi) is 6.88. The van der Waals surface area contributed by atoms with E-state index in [1.165, 1.54) is 0 Å². The summed E-state index contributed by atoms with van der Waals surface area (Å²) in [6.45, 7) is 1.98. The van der Waals surface area contributed by atoms with Gasteiger partial charge < -0.3 is 31.1 Å². The number of fused-ring (bicyclic) bond motifs is 3. The number of aliphatic hydroxyl groups excluding tert-OH is 2. The third kappa shape index (κ3) is 4.44. The average Bonchev–Trinajstić information content (AvgIpc) is 2.89. The fourth-order valence-corrected chi connectivity index (χ4v) is 6.65. The number of nitrogens with two attached hydrogens (primary N) is 1. The molecule has 3 aliphatic carbocycles. The second kappa shape index (κ2) is 9.98. The van der Waals surface area contributed by atoms with Crippen LogP contribution in [0.1, 0.15) is 45.5 Å². The number of anilines is 1. The van der Waals surface area contributed by atoms with E-state index in [9.17, 15) is 30.0 Å². The second-order valence-corrected chi connectivity index (χ2v) is 11.7. The molecule has 0 saturated carbocycles. The number of hydrogen-bond acceptors (Lipinski definition) is 8. The minimum atomic E-state index is -2.01. The number of phenolic OH excluding ortho intramolecular Hbond substituents is 1. The highest BCUT2D eigenvalue weighted by atomic mass is 16.3. The lowest BCUT2D eigenvalue weighted by atomic mass is 9.59. The molecule has 0 radical (unpaired) electrons. The molecule has 9 heteroatoms. The number of aromatic hydroxyl groups is 1. The summed E-state index contributed by atoms with van der Waals surface area (Å²) in [5, 5.41) is 45.8.